The number of imidazole rings is 1. The molecular formula is C25H33N3O. The number of aromatic nitrogens is 2. The van der Waals surface area contributed by atoms with Gasteiger partial charge in [-0.1, -0.05) is 58.1 Å². The highest BCUT2D eigenvalue weighted by Crippen LogP contribution is 2.23. The normalized spacial score (nSPS) is 11.1. The molecule has 2 aromatic carbocycles. The molecule has 4 nitrogen and oxygen atoms in total. The molecule has 0 unspecified atom stereocenters. The van der Waals surface area contributed by atoms with Gasteiger partial charge in [-0.05, 0) is 55.7 Å². The number of carbonyl (C=O) groups excluding carboxylic acids is 1. The van der Waals surface area contributed by atoms with Gasteiger partial charge < -0.3 is 5.32 Å². The fourth-order valence-electron chi connectivity index (χ4n) is 3.76. The zero-order valence-corrected chi connectivity index (χ0v) is 18.0. The van der Waals surface area contributed by atoms with Gasteiger partial charge in [-0.25, -0.2) is 4.98 Å². The Labute approximate surface area is 174 Å². The molecule has 0 aliphatic rings. The van der Waals surface area contributed by atoms with Crippen LogP contribution in [0.2, 0.25) is 0 Å². The van der Waals surface area contributed by atoms with Gasteiger partial charge in [0.05, 0.1) is 11.0 Å². The van der Waals surface area contributed by atoms with E-state index >= 15 is 0 Å². The molecule has 1 amide bonds. The summed E-state index contributed by atoms with van der Waals surface area (Å²) < 4.78 is 2.15. The van der Waals surface area contributed by atoms with Crippen LogP contribution in [0.4, 0.5) is 0 Å². The van der Waals surface area contributed by atoms with Crippen molar-refractivity contribution < 1.29 is 4.79 Å². The summed E-state index contributed by atoms with van der Waals surface area (Å²) in [5.41, 5.74) is 4.98. The Bertz CT molecular complexity index is 941. The van der Waals surface area contributed by atoms with Crippen molar-refractivity contribution in [1.82, 2.24) is 14.9 Å². The minimum Gasteiger partial charge on any atom is -0.352 e. The largest absolute Gasteiger partial charge is 0.352 e. The lowest BCUT2D eigenvalue weighted by Crippen LogP contribution is -2.24. The van der Waals surface area contributed by atoms with Crippen LogP contribution in [-0.4, -0.2) is 22.0 Å². The number of benzene rings is 2. The average molecular weight is 392 g/mol. The second kappa shape index (κ2) is 10.2. The van der Waals surface area contributed by atoms with Gasteiger partial charge in [0.15, 0.2) is 0 Å². The summed E-state index contributed by atoms with van der Waals surface area (Å²) in [7, 11) is 0. The van der Waals surface area contributed by atoms with Crippen LogP contribution in [0.1, 0.15) is 74.1 Å². The maximum atomic E-state index is 12.5. The van der Waals surface area contributed by atoms with Crippen molar-refractivity contribution >= 4 is 16.9 Å². The summed E-state index contributed by atoms with van der Waals surface area (Å²) in [5.74, 6) is 0.911. The van der Waals surface area contributed by atoms with E-state index in [-0.39, 0.29) is 5.91 Å². The molecule has 3 rings (SSSR count). The second-order valence-corrected chi connectivity index (χ2v) is 7.74. The van der Waals surface area contributed by atoms with Gasteiger partial charge in [0, 0.05) is 17.8 Å². The lowest BCUT2D eigenvalue weighted by Gasteiger charge is -2.08. The van der Waals surface area contributed by atoms with Crippen molar-refractivity contribution in [3.05, 3.63) is 59.4 Å². The van der Waals surface area contributed by atoms with E-state index in [1.165, 1.54) is 37.7 Å². The van der Waals surface area contributed by atoms with Crippen LogP contribution in [0.5, 0.6) is 0 Å². The van der Waals surface area contributed by atoms with E-state index in [4.69, 9.17) is 4.98 Å². The molecule has 0 radical (unpaired) electrons. The molecule has 154 valence electrons. The van der Waals surface area contributed by atoms with E-state index in [0.29, 0.717) is 5.56 Å². The molecule has 3 aromatic rings. The summed E-state index contributed by atoms with van der Waals surface area (Å²) in [6, 6.07) is 14.4. The van der Waals surface area contributed by atoms with Crippen molar-refractivity contribution in [2.45, 2.75) is 65.7 Å². The van der Waals surface area contributed by atoms with E-state index in [1.54, 1.807) is 0 Å². The molecule has 0 aliphatic heterocycles. The third-order valence-corrected chi connectivity index (χ3v) is 5.50. The summed E-state index contributed by atoms with van der Waals surface area (Å²) in [6.07, 6.45) is 8.37. The number of amides is 1. The minimum absolute atomic E-state index is 0.0139. The van der Waals surface area contributed by atoms with Crippen molar-refractivity contribution in [2.24, 2.45) is 0 Å². The van der Waals surface area contributed by atoms with Gasteiger partial charge in [-0.15, -0.1) is 0 Å². The summed E-state index contributed by atoms with van der Waals surface area (Å²) >= 11 is 0. The number of rotatable bonds is 10. The maximum Gasteiger partial charge on any atom is 0.251 e. The fourth-order valence-corrected chi connectivity index (χ4v) is 3.76. The standard InChI is InChI=1S/C25H33N3O/c1-4-6-7-8-9-10-17-26-25(29)21-13-16-24-23(18-21)27-19(3)28(24)22-14-11-20(5-2)12-15-22/h11-16,18H,4-10,17H2,1-3H3,(H,26,29). The van der Waals surface area contributed by atoms with Crippen LogP contribution < -0.4 is 5.32 Å². The Morgan fingerprint density at radius 1 is 0.966 bits per heavy atom. The molecule has 29 heavy (non-hydrogen) atoms. The molecule has 0 spiro atoms. The third-order valence-electron chi connectivity index (χ3n) is 5.50. The van der Waals surface area contributed by atoms with E-state index in [9.17, 15) is 4.79 Å². The zero-order valence-electron chi connectivity index (χ0n) is 18.0. The number of hydrogen-bond donors (Lipinski definition) is 1. The lowest BCUT2D eigenvalue weighted by molar-refractivity contribution is 0.0953. The van der Waals surface area contributed by atoms with Crippen molar-refractivity contribution in [1.29, 1.82) is 0 Å². The predicted molar refractivity (Wildman–Crippen MR) is 121 cm³/mol. The monoisotopic (exact) mass is 391 g/mol. The highest BCUT2D eigenvalue weighted by molar-refractivity contribution is 5.97. The lowest BCUT2D eigenvalue weighted by atomic mass is 10.1. The smallest absolute Gasteiger partial charge is 0.251 e. The first-order valence-corrected chi connectivity index (χ1v) is 11.0. The molecule has 0 saturated heterocycles. The Balaban J connectivity index is 1.66. The SMILES string of the molecule is CCCCCCCCNC(=O)c1ccc2c(c1)nc(C)n2-c1ccc(CC)cc1. The highest BCUT2D eigenvalue weighted by atomic mass is 16.1. The number of nitrogens with one attached hydrogen (secondary N) is 1. The molecule has 1 N–H and O–H groups in total. The van der Waals surface area contributed by atoms with E-state index in [0.717, 1.165) is 41.9 Å². The number of hydrogen-bond acceptors (Lipinski definition) is 2. The molecule has 0 bridgehead atoms. The number of aryl methyl sites for hydroxylation is 2. The molecular weight excluding hydrogens is 358 g/mol. The molecule has 0 atom stereocenters. The van der Waals surface area contributed by atoms with E-state index in [1.807, 2.05) is 25.1 Å². The van der Waals surface area contributed by atoms with Crippen LogP contribution in [0.15, 0.2) is 42.5 Å². The van der Waals surface area contributed by atoms with Crippen LogP contribution in [0.3, 0.4) is 0 Å². The van der Waals surface area contributed by atoms with Gasteiger partial charge in [0.1, 0.15) is 5.82 Å². The van der Waals surface area contributed by atoms with Crippen molar-refractivity contribution in [3.8, 4) is 5.69 Å². The number of carbonyl (C=O) groups is 1. The number of nitrogens with zero attached hydrogens (tertiary/aromatic N) is 2. The van der Waals surface area contributed by atoms with Gasteiger partial charge in [0.25, 0.3) is 5.91 Å². The van der Waals surface area contributed by atoms with Crippen LogP contribution in [-0.2, 0) is 6.42 Å². The number of fused-ring (bicyclic) bond motifs is 1. The minimum atomic E-state index is -0.0139. The quantitative estimate of drug-likeness (QED) is 0.432. The Hall–Kier alpha value is -2.62. The predicted octanol–water partition coefficient (Wildman–Crippen LogP) is 5.99. The molecule has 4 heteroatoms. The maximum absolute atomic E-state index is 12.5. The highest BCUT2D eigenvalue weighted by Gasteiger charge is 2.12. The summed E-state index contributed by atoms with van der Waals surface area (Å²) in [5, 5.41) is 3.05. The average Bonchev–Trinajstić information content (AvgIpc) is 3.07. The van der Waals surface area contributed by atoms with Crippen LogP contribution in [0.25, 0.3) is 16.7 Å². The second-order valence-electron chi connectivity index (χ2n) is 7.74. The molecule has 1 heterocycles. The van der Waals surface area contributed by atoms with Gasteiger partial charge in [0.2, 0.25) is 0 Å². The molecule has 0 aliphatic carbocycles. The third kappa shape index (κ3) is 5.26. The molecule has 0 fully saturated rings. The van der Waals surface area contributed by atoms with Gasteiger partial charge >= 0.3 is 0 Å². The Morgan fingerprint density at radius 2 is 1.69 bits per heavy atom. The summed E-state index contributed by atoms with van der Waals surface area (Å²) in [4.78, 5) is 17.2. The first kappa shape index (κ1) is 21.1. The van der Waals surface area contributed by atoms with E-state index in [2.05, 4.69) is 48.0 Å². The topological polar surface area (TPSA) is 46.9 Å². The zero-order chi connectivity index (χ0) is 20.6. The Kier molecular flexibility index (Phi) is 7.45. The van der Waals surface area contributed by atoms with Gasteiger partial charge in [-0.2, -0.15) is 0 Å². The fraction of sp³-hybridized carbons (Fsp3) is 0.440. The van der Waals surface area contributed by atoms with Crippen LogP contribution in [0, 0.1) is 6.92 Å². The molecule has 1 aromatic heterocycles. The first-order chi connectivity index (χ1) is 14.1. The van der Waals surface area contributed by atoms with E-state index < -0.39 is 0 Å². The number of unbranched alkanes of at least 4 members (excludes halogenated alkanes) is 5. The van der Waals surface area contributed by atoms with Crippen molar-refractivity contribution in [2.75, 3.05) is 6.54 Å². The Morgan fingerprint density at radius 3 is 2.41 bits per heavy atom. The van der Waals surface area contributed by atoms with Crippen LogP contribution >= 0.6 is 0 Å². The first-order valence-electron chi connectivity index (χ1n) is 11.0. The molecule has 0 saturated carbocycles. The van der Waals surface area contributed by atoms with Gasteiger partial charge in [-0.3, -0.25) is 9.36 Å². The summed E-state index contributed by atoms with van der Waals surface area (Å²) in [6.45, 7) is 7.13. The van der Waals surface area contributed by atoms with Crippen molar-refractivity contribution in [3.63, 3.8) is 0 Å².